The average molecular weight is 163 g/mol. The molecule has 3 nitrogen and oxygen atoms in total. The summed E-state index contributed by atoms with van der Waals surface area (Å²) < 4.78 is 6.19. The zero-order valence-electron chi connectivity index (χ0n) is 7.00. The van der Waals surface area contributed by atoms with Gasteiger partial charge in [-0.2, -0.15) is 0 Å². The minimum Gasteiger partial charge on any atom is -0.464 e. The second-order valence-electron chi connectivity index (χ2n) is 2.36. The molecule has 0 saturated heterocycles. The van der Waals surface area contributed by atoms with Crippen molar-refractivity contribution >= 4 is 5.97 Å². The van der Waals surface area contributed by atoms with Gasteiger partial charge in [0.1, 0.15) is 5.69 Å². The molecule has 1 aromatic rings. The summed E-state index contributed by atoms with van der Waals surface area (Å²) in [5, 5.41) is 0. The fourth-order valence-electron chi connectivity index (χ4n) is 0.951. The lowest BCUT2D eigenvalue weighted by Crippen LogP contribution is -2.06. The molecule has 0 aliphatic rings. The third-order valence-electron chi connectivity index (χ3n) is 1.57. The molecular formula is C9H9NO2. The third-order valence-corrected chi connectivity index (χ3v) is 1.57. The van der Waals surface area contributed by atoms with Crippen LogP contribution in [0, 0.1) is 12.3 Å². The normalized spacial score (nSPS) is 9.08. The SMILES string of the molecule is C#Cc1cc(C(=O)OC)n(C)c1. The number of esters is 1. The van der Waals surface area contributed by atoms with Crippen molar-refractivity contribution in [3.8, 4) is 12.3 Å². The van der Waals surface area contributed by atoms with Crippen molar-refractivity contribution in [3.05, 3.63) is 23.5 Å². The zero-order valence-corrected chi connectivity index (χ0v) is 7.00. The largest absolute Gasteiger partial charge is 0.464 e. The van der Waals surface area contributed by atoms with E-state index in [4.69, 9.17) is 6.42 Å². The second-order valence-corrected chi connectivity index (χ2v) is 2.36. The summed E-state index contributed by atoms with van der Waals surface area (Å²) in [6, 6.07) is 1.62. The van der Waals surface area contributed by atoms with E-state index in [-0.39, 0.29) is 5.97 Å². The molecule has 0 amide bonds. The molecule has 1 aromatic heterocycles. The van der Waals surface area contributed by atoms with Gasteiger partial charge in [-0.1, -0.05) is 5.92 Å². The molecule has 0 unspecified atom stereocenters. The van der Waals surface area contributed by atoms with E-state index in [1.54, 1.807) is 23.9 Å². The van der Waals surface area contributed by atoms with E-state index in [9.17, 15) is 4.79 Å². The average Bonchev–Trinajstić information content (AvgIpc) is 2.45. The van der Waals surface area contributed by atoms with Crippen molar-refractivity contribution in [2.24, 2.45) is 7.05 Å². The first-order chi connectivity index (χ1) is 5.69. The molecule has 0 N–H and O–H groups in total. The molecule has 12 heavy (non-hydrogen) atoms. The Balaban J connectivity index is 3.10. The molecule has 62 valence electrons. The van der Waals surface area contributed by atoms with E-state index in [1.165, 1.54) is 7.11 Å². The quantitative estimate of drug-likeness (QED) is 0.453. The molecule has 1 heterocycles. The number of aryl methyl sites for hydroxylation is 1. The minimum absolute atomic E-state index is 0.376. The lowest BCUT2D eigenvalue weighted by Gasteiger charge is -1.98. The van der Waals surface area contributed by atoms with Crippen LogP contribution in [0.25, 0.3) is 0 Å². The number of carbonyl (C=O) groups is 1. The van der Waals surface area contributed by atoms with Gasteiger partial charge in [0.15, 0.2) is 0 Å². The van der Waals surface area contributed by atoms with Crippen LogP contribution in [-0.2, 0) is 11.8 Å². The van der Waals surface area contributed by atoms with Gasteiger partial charge in [0.25, 0.3) is 0 Å². The number of hydrogen-bond acceptors (Lipinski definition) is 2. The van der Waals surface area contributed by atoms with Crippen molar-refractivity contribution in [3.63, 3.8) is 0 Å². The maximum Gasteiger partial charge on any atom is 0.354 e. The first kappa shape index (κ1) is 8.41. The van der Waals surface area contributed by atoms with Gasteiger partial charge in [0.2, 0.25) is 0 Å². The molecule has 0 aromatic carbocycles. The molecule has 0 aliphatic carbocycles. The Morgan fingerprint density at radius 3 is 2.83 bits per heavy atom. The summed E-state index contributed by atoms with van der Waals surface area (Å²) in [6.45, 7) is 0. The van der Waals surface area contributed by atoms with Gasteiger partial charge >= 0.3 is 5.97 Å². The lowest BCUT2D eigenvalue weighted by molar-refractivity contribution is 0.0590. The van der Waals surface area contributed by atoms with Gasteiger partial charge in [-0.3, -0.25) is 0 Å². The molecular weight excluding hydrogens is 154 g/mol. The van der Waals surface area contributed by atoms with Crippen molar-refractivity contribution in [2.45, 2.75) is 0 Å². The first-order valence-electron chi connectivity index (χ1n) is 3.40. The fourth-order valence-corrected chi connectivity index (χ4v) is 0.951. The Labute approximate surface area is 70.9 Å². The maximum absolute atomic E-state index is 11.1. The zero-order chi connectivity index (χ0) is 9.14. The second kappa shape index (κ2) is 3.14. The van der Waals surface area contributed by atoms with Gasteiger partial charge in [0.05, 0.1) is 7.11 Å². The minimum atomic E-state index is -0.376. The van der Waals surface area contributed by atoms with Crippen molar-refractivity contribution in [2.75, 3.05) is 7.11 Å². The summed E-state index contributed by atoms with van der Waals surface area (Å²) in [6.07, 6.45) is 6.86. The van der Waals surface area contributed by atoms with Crippen LogP contribution >= 0.6 is 0 Å². The van der Waals surface area contributed by atoms with Crippen molar-refractivity contribution in [1.29, 1.82) is 0 Å². The number of rotatable bonds is 1. The smallest absolute Gasteiger partial charge is 0.354 e. The predicted octanol–water partition coefficient (Wildman–Crippen LogP) is 0.793. The van der Waals surface area contributed by atoms with Crippen LogP contribution in [0.1, 0.15) is 16.1 Å². The van der Waals surface area contributed by atoms with Crippen LogP contribution in [-0.4, -0.2) is 17.6 Å². The van der Waals surface area contributed by atoms with Gasteiger partial charge < -0.3 is 9.30 Å². The summed E-state index contributed by atoms with van der Waals surface area (Å²) in [5.41, 5.74) is 1.14. The molecule has 0 atom stereocenters. The summed E-state index contributed by atoms with van der Waals surface area (Å²) in [7, 11) is 3.08. The van der Waals surface area contributed by atoms with Crippen LogP contribution in [0.15, 0.2) is 12.3 Å². The van der Waals surface area contributed by atoms with Crippen LogP contribution in [0.4, 0.5) is 0 Å². The maximum atomic E-state index is 11.1. The topological polar surface area (TPSA) is 31.2 Å². The van der Waals surface area contributed by atoms with Crippen LogP contribution < -0.4 is 0 Å². The van der Waals surface area contributed by atoms with Crippen LogP contribution in [0.2, 0.25) is 0 Å². The molecule has 1 rings (SSSR count). The molecule has 0 aliphatic heterocycles. The lowest BCUT2D eigenvalue weighted by atomic mass is 10.3. The van der Waals surface area contributed by atoms with E-state index in [0.29, 0.717) is 11.3 Å². The molecule has 0 saturated carbocycles. The summed E-state index contributed by atoms with van der Waals surface area (Å²) >= 11 is 0. The van der Waals surface area contributed by atoms with Crippen LogP contribution in [0.5, 0.6) is 0 Å². The molecule has 0 radical (unpaired) electrons. The Kier molecular flexibility index (Phi) is 2.20. The first-order valence-corrected chi connectivity index (χ1v) is 3.40. The number of hydrogen-bond donors (Lipinski definition) is 0. The Morgan fingerprint density at radius 1 is 1.75 bits per heavy atom. The van der Waals surface area contributed by atoms with E-state index in [1.807, 2.05) is 0 Å². The highest BCUT2D eigenvalue weighted by molar-refractivity contribution is 5.88. The molecule has 0 spiro atoms. The van der Waals surface area contributed by atoms with Gasteiger partial charge in [0, 0.05) is 18.8 Å². The van der Waals surface area contributed by atoms with E-state index >= 15 is 0 Å². The Morgan fingerprint density at radius 2 is 2.42 bits per heavy atom. The number of aromatic nitrogens is 1. The standard InChI is InChI=1S/C9H9NO2/c1-4-7-5-8(9(11)12-3)10(2)6-7/h1,5-6H,2-3H3. The Bertz CT molecular complexity index is 344. The number of nitrogens with zero attached hydrogens (tertiary/aromatic N) is 1. The van der Waals surface area contributed by atoms with E-state index in [2.05, 4.69) is 10.7 Å². The number of ether oxygens (including phenoxy) is 1. The van der Waals surface area contributed by atoms with E-state index < -0.39 is 0 Å². The van der Waals surface area contributed by atoms with Crippen LogP contribution in [0.3, 0.4) is 0 Å². The van der Waals surface area contributed by atoms with Crippen molar-refractivity contribution in [1.82, 2.24) is 4.57 Å². The third kappa shape index (κ3) is 1.32. The molecule has 0 fully saturated rings. The van der Waals surface area contributed by atoms with Gasteiger partial charge in [-0.25, -0.2) is 4.79 Å². The van der Waals surface area contributed by atoms with Crippen molar-refractivity contribution < 1.29 is 9.53 Å². The fraction of sp³-hybridized carbons (Fsp3) is 0.222. The summed E-state index contributed by atoms with van der Waals surface area (Å²) in [4.78, 5) is 11.1. The molecule has 3 heteroatoms. The number of methoxy groups -OCH3 is 1. The predicted molar refractivity (Wildman–Crippen MR) is 44.7 cm³/mol. The van der Waals surface area contributed by atoms with Gasteiger partial charge in [-0.15, -0.1) is 6.42 Å². The highest BCUT2D eigenvalue weighted by Gasteiger charge is 2.10. The summed E-state index contributed by atoms with van der Waals surface area (Å²) in [5.74, 6) is 2.06. The van der Waals surface area contributed by atoms with Gasteiger partial charge in [-0.05, 0) is 6.07 Å². The van der Waals surface area contributed by atoms with E-state index in [0.717, 1.165) is 0 Å². The highest BCUT2D eigenvalue weighted by Crippen LogP contribution is 2.06. The number of terminal acetylenes is 1. The Hall–Kier alpha value is -1.69. The highest BCUT2D eigenvalue weighted by atomic mass is 16.5. The molecule has 0 bridgehead atoms. The monoisotopic (exact) mass is 163 g/mol. The number of carbonyl (C=O) groups excluding carboxylic acids is 1.